The van der Waals surface area contributed by atoms with Crippen molar-refractivity contribution >= 4 is 6.21 Å². The van der Waals surface area contributed by atoms with Crippen molar-refractivity contribution in [2.24, 2.45) is 4.99 Å². The molecule has 1 aliphatic rings. The Hall–Kier alpha value is -2.11. The van der Waals surface area contributed by atoms with E-state index < -0.39 is 11.7 Å². The van der Waals surface area contributed by atoms with E-state index >= 15 is 0 Å². The van der Waals surface area contributed by atoms with Gasteiger partial charge in [0.25, 0.3) is 0 Å². The van der Waals surface area contributed by atoms with Crippen LogP contribution < -0.4 is 0 Å². The fourth-order valence-corrected chi connectivity index (χ4v) is 2.56. The molecule has 0 amide bonds. The fourth-order valence-electron chi connectivity index (χ4n) is 2.56. The maximum Gasteiger partial charge on any atom is 0.416 e. The number of aryl methyl sites for hydroxylation is 2. The van der Waals surface area contributed by atoms with Gasteiger partial charge in [-0.1, -0.05) is 0 Å². The number of hydrogen-bond donors (Lipinski definition) is 0. The van der Waals surface area contributed by atoms with Crippen LogP contribution in [0.2, 0.25) is 0 Å². The van der Waals surface area contributed by atoms with Crippen LogP contribution in [-0.2, 0) is 19.3 Å². The van der Waals surface area contributed by atoms with Crippen LogP contribution in [0.3, 0.4) is 0 Å². The summed E-state index contributed by atoms with van der Waals surface area (Å²) >= 11 is 0. The van der Waals surface area contributed by atoms with E-state index in [9.17, 15) is 13.2 Å². The summed E-state index contributed by atoms with van der Waals surface area (Å²) in [5.41, 5.74) is 2.75. The quantitative estimate of drug-likeness (QED) is 0.827. The molecule has 0 saturated carbocycles. The minimum atomic E-state index is -4.36. The predicted molar refractivity (Wildman–Crippen MR) is 74.4 cm³/mol. The van der Waals surface area contributed by atoms with Gasteiger partial charge in [-0.2, -0.15) is 18.3 Å². The molecule has 21 heavy (non-hydrogen) atoms. The molecule has 0 unspecified atom stereocenters. The van der Waals surface area contributed by atoms with E-state index in [0.717, 1.165) is 16.8 Å². The highest BCUT2D eigenvalue weighted by Gasteiger charge is 2.33. The minimum Gasteiger partial charge on any atom is -0.288 e. The number of fused-ring (bicyclic) bond motifs is 1. The zero-order valence-electron chi connectivity index (χ0n) is 11.7. The highest BCUT2D eigenvalue weighted by molar-refractivity contribution is 5.94. The van der Waals surface area contributed by atoms with Crippen molar-refractivity contribution in [3.63, 3.8) is 0 Å². The lowest BCUT2D eigenvalue weighted by Gasteiger charge is -2.12. The van der Waals surface area contributed by atoms with Crippen LogP contribution in [0.15, 0.2) is 23.3 Å². The maximum absolute atomic E-state index is 13.1. The Morgan fingerprint density at radius 2 is 2.00 bits per heavy atom. The number of nitrogens with zero attached hydrogens (tertiary/aromatic N) is 3. The first kappa shape index (κ1) is 13.9. The van der Waals surface area contributed by atoms with Gasteiger partial charge in [-0.05, 0) is 37.1 Å². The van der Waals surface area contributed by atoms with Gasteiger partial charge in [0.15, 0.2) is 0 Å². The van der Waals surface area contributed by atoms with E-state index in [1.54, 1.807) is 24.0 Å². The van der Waals surface area contributed by atoms with E-state index in [0.29, 0.717) is 24.2 Å². The number of rotatable bonds is 2. The Bertz CT molecular complexity index is 726. The fraction of sp³-hybridized carbons (Fsp3) is 0.333. The van der Waals surface area contributed by atoms with Crippen LogP contribution in [0.1, 0.15) is 29.3 Å². The minimum absolute atomic E-state index is 0.299. The number of aliphatic imine (C=N–C) groups is 1. The molecule has 0 aliphatic carbocycles. The van der Waals surface area contributed by atoms with Crippen LogP contribution in [0.5, 0.6) is 0 Å². The van der Waals surface area contributed by atoms with E-state index in [4.69, 9.17) is 0 Å². The Morgan fingerprint density at radius 3 is 2.62 bits per heavy atom. The molecule has 0 fully saturated rings. The third-order valence-corrected chi connectivity index (χ3v) is 3.64. The van der Waals surface area contributed by atoms with Gasteiger partial charge in [-0.15, -0.1) is 0 Å². The summed E-state index contributed by atoms with van der Waals surface area (Å²) in [6, 6.07) is 2.38. The second kappa shape index (κ2) is 4.72. The molecule has 6 heteroatoms. The smallest absolute Gasteiger partial charge is 0.288 e. The molecule has 110 valence electrons. The summed E-state index contributed by atoms with van der Waals surface area (Å²) in [4.78, 5) is 4.10. The number of hydrogen-bond acceptors (Lipinski definition) is 2. The van der Waals surface area contributed by atoms with Gasteiger partial charge in [0, 0.05) is 30.1 Å². The predicted octanol–water partition coefficient (Wildman–Crippen LogP) is 3.83. The van der Waals surface area contributed by atoms with Crippen molar-refractivity contribution in [1.29, 1.82) is 0 Å². The summed E-state index contributed by atoms with van der Waals surface area (Å²) in [6.45, 7) is 4.72. The van der Waals surface area contributed by atoms with Gasteiger partial charge in [0.05, 0.1) is 17.8 Å². The van der Waals surface area contributed by atoms with Crippen molar-refractivity contribution in [2.45, 2.75) is 33.1 Å². The molecule has 2 heterocycles. The van der Waals surface area contributed by atoms with Crippen LogP contribution in [0, 0.1) is 6.92 Å². The average molecular weight is 293 g/mol. The number of alkyl halides is 3. The molecule has 3 rings (SSSR count). The van der Waals surface area contributed by atoms with Gasteiger partial charge in [-0.3, -0.25) is 9.67 Å². The van der Waals surface area contributed by atoms with Crippen molar-refractivity contribution in [3.05, 3.63) is 40.7 Å². The number of halogens is 3. The lowest BCUT2D eigenvalue weighted by atomic mass is 9.94. The van der Waals surface area contributed by atoms with Crippen LogP contribution in [0.4, 0.5) is 13.2 Å². The normalized spacial score (nSPS) is 13.8. The van der Waals surface area contributed by atoms with Crippen LogP contribution in [-0.4, -0.2) is 16.0 Å². The summed E-state index contributed by atoms with van der Waals surface area (Å²) in [7, 11) is 0. The third-order valence-electron chi connectivity index (χ3n) is 3.64. The van der Waals surface area contributed by atoms with Gasteiger partial charge in [-0.25, -0.2) is 0 Å². The second-order valence-corrected chi connectivity index (χ2v) is 5.05. The molecule has 0 bridgehead atoms. The molecule has 0 atom stereocenters. The summed E-state index contributed by atoms with van der Waals surface area (Å²) in [5, 5.41) is 4.31. The molecule has 0 N–H and O–H groups in total. The van der Waals surface area contributed by atoms with E-state index in [1.165, 1.54) is 12.1 Å². The third kappa shape index (κ3) is 2.34. The first-order valence-corrected chi connectivity index (χ1v) is 6.68. The Morgan fingerprint density at radius 1 is 1.24 bits per heavy atom. The van der Waals surface area contributed by atoms with Gasteiger partial charge in [0.1, 0.15) is 0 Å². The zero-order chi connectivity index (χ0) is 15.2. The lowest BCUT2D eigenvalue weighted by Crippen LogP contribution is -2.07. The average Bonchev–Trinajstić information content (AvgIpc) is 3.02. The SMILES string of the molecule is CCn1cc(-c2cc(C(F)(F)F)cc3c2C=NC3)c(C)n1. The first-order valence-electron chi connectivity index (χ1n) is 6.68. The van der Waals surface area contributed by atoms with E-state index in [2.05, 4.69) is 10.1 Å². The van der Waals surface area contributed by atoms with Crippen LogP contribution in [0.25, 0.3) is 11.1 Å². The van der Waals surface area contributed by atoms with Crippen molar-refractivity contribution in [1.82, 2.24) is 9.78 Å². The molecule has 0 radical (unpaired) electrons. The van der Waals surface area contributed by atoms with Crippen molar-refractivity contribution < 1.29 is 13.2 Å². The largest absolute Gasteiger partial charge is 0.416 e. The lowest BCUT2D eigenvalue weighted by molar-refractivity contribution is -0.137. The van der Waals surface area contributed by atoms with Gasteiger partial charge >= 0.3 is 6.18 Å². The molecule has 2 aromatic rings. The molecule has 1 aromatic carbocycles. The Labute approximate surface area is 120 Å². The standard InChI is InChI=1S/C15H14F3N3/c1-3-21-8-14(9(2)20-21)12-5-11(15(16,17)18)4-10-6-19-7-13(10)12/h4-5,7-8H,3,6H2,1-2H3. The molecule has 0 spiro atoms. The maximum atomic E-state index is 13.1. The topological polar surface area (TPSA) is 30.2 Å². The van der Waals surface area contributed by atoms with Gasteiger partial charge < -0.3 is 0 Å². The first-order chi connectivity index (χ1) is 9.90. The molecule has 3 nitrogen and oxygen atoms in total. The highest BCUT2D eigenvalue weighted by Crippen LogP contribution is 2.37. The van der Waals surface area contributed by atoms with E-state index in [1.807, 2.05) is 6.92 Å². The van der Waals surface area contributed by atoms with E-state index in [-0.39, 0.29) is 0 Å². The zero-order valence-corrected chi connectivity index (χ0v) is 11.7. The number of benzene rings is 1. The van der Waals surface area contributed by atoms with Gasteiger partial charge in [0.2, 0.25) is 0 Å². The molecular weight excluding hydrogens is 279 g/mol. The Balaban J connectivity index is 2.23. The van der Waals surface area contributed by atoms with Crippen molar-refractivity contribution in [3.8, 4) is 11.1 Å². The Kier molecular flexibility index (Phi) is 3.11. The van der Waals surface area contributed by atoms with Crippen molar-refractivity contribution in [2.75, 3.05) is 0 Å². The molecule has 1 aromatic heterocycles. The second-order valence-electron chi connectivity index (χ2n) is 5.05. The highest BCUT2D eigenvalue weighted by atomic mass is 19.4. The summed E-state index contributed by atoms with van der Waals surface area (Å²) < 4.78 is 40.9. The summed E-state index contributed by atoms with van der Waals surface area (Å²) in [5.74, 6) is 0. The molecule has 1 aliphatic heterocycles. The number of aromatic nitrogens is 2. The van der Waals surface area contributed by atoms with Crippen LogP contribution >= 0.6 is 0 Å². The molecular formula is C15H14F3N3. The summed E-state index contributed by atoms with van der Waals surface area (Å²) in [6.07, 6.45) is -0.925. The monoisotopic (exact) mass is 293 g/mol. The molecule has 0 saturated heterocycles.